The lowest BCUT2D eigenvalue weighted by atomic mass is 10.2. The fourth-order valence-corrected chi connectivity index (χ4v) is 2.55. The van der Waals surface area contributed by atoms with Crippen LogP contribution in [0.25, 0.3) is 22.8 Å². The molecule has 11 heteroatoms. The van der Waals surface area contributed by atoms with Crippen LogP contribution in [0.2, 0.25) is 0 Å². The number of H-pyrrole nitrogens is 1. The predicted molar refractivity (Wildman–Crippen MR) is 110 cm³/mol. The second kappa shape index (κ2) is 8.39. The molecule has 152 valence electrons. The van der Waals surface area contributed by atoms with E-state index in [1.807, 2.05) is 26.2 Å². The summed E-state index contributed by atoms with van der Waals surface area (Å²) in [6.07, 6.45) is 3.34. The van der Waals surface area contributed by atoms with E-state index in [1.165, 1.54) is 0 Å². The number of carbonyl (C=O) groups excluding carboxylic acids is 1. The van der Waals surface area contributed by atoms with E-state index >= 15 is 0 Å². The Morgan fingerprint density at radius 3 is 2.53 bits per heavy atom. The number of aromatic nitrogens is 6. The summed E-state index contributed by atoms with van der Waals surface area (Å²) < 4.78 is 5.56. The molecule has 0 bridgehead atoms. The van der Waals surface area contributed by atoms with Gasteiger partial charge in [0.15, 0.2) is 5.82 Å². The first kappa shape index (κ1) is 19.1. The molecular weight excluding hydrogens is 386 g/mol. The highest BCUT2D eigenvalue weighted by atomic mass is 16.4. The largest absolute Gasteiger partial charge is 0.403 e. The summed E-state index contributed by atoms with van der Waals surface area (Å²) in [5, 5.41) is 20.4. The number of nitrogens with zero attached hydrogens (tertiary/aromatic N) is 6. The molecule has 0 unspecified atom stereocenters. The fourth-order valence-electron chi connectivity index (χ4n) is 2.55. The van der Waals surface area contributed by atoms with E-state index in [0.717, 1.165) is 11.1 Å². The van der Waals surface area contributed by atoms with Gasteiger partial charge >= 0.3 is 12.0 Å². The third-order valence-electron chi connectivity index (χ3n) is 4.07. The smallest absolute Gasteiger partial charge is 0.319 e. The highest BCUT2D eigenvalue weighted by Gasteiger charge is 2.11. The molecule has 11 nitrogen and oxygen atoms in total. The zero-order valence-corrected chi connectivity index (χ0v) is 16.3. The third kappa shape index (κ3) is 4.41. The minimum atomic E-state index is -0.364. The molecule has 0 saturated carbocycles. The Bertz CT molecular complexity index is 1120. The lowest BCUT2D eigenvalue weighted by Crippen LogP contribution is -2.28. The number of pyridine rings is 1. The van der Waals surface area contributed by atoms with Crippen LogP contribution in [0.3, 0.4) is 0 Å². The van der Waals surface area contributed by atoms with Crippen molar-refractivity contribution < 1.29 is 9.21 Å². The molecule has 3 aromatic heterocycles. The molecule has 0 atom stereocenters. The van der Waals surface area contributed by atoms with Crippen LogP contribution in [-0.2, 0) is 6.54 Å². The lowest BCUT2D eigenvalue weighted by Gasteiger charge is -2.06. The van der Waals surface area contributed by atoms with Gasteiger partial charge < -0.3 is 20.0 Å². The number of hydrogen-bond donors (Lipinski definition) is 3. The Hall–Kier alpha value is -4.28. The Labute approximate surface area is 171 Å². The predicted octanol–water partition coefficient (Wildman–Crippen LogP) is 2.30. The number of aromatic amines is 1. The van der Waals surface area contributed by atoms with Crippen LogP contribution in [0, 0.1) is 0 Å². The molecule has 0 spiro atoms. The van der Waals surface area contributed by atoms with E-state index in [1.54, 1.807) is 41.6 Å². The van der Waals surface area contributed by atoms with Gasteiger partial charge in [0.2, 0.25) is 5.89 Å². The number of amides is 2. The van der Waals surface area contributed by atoms with E-state index in [2.05, 4.69) is 41.0 Å². The first-order valence-corrected chi connectivity index (χ1v) is 9.06. The molecule has 0 aliphatic heterocycles. The average Bonchev–Trinajstić information content (AvgIpc) is 3.44. The quantitative estimate of drug-likeness (QED) is 0.444. The van der Waals surface area contributed by atoms with Gasteiger partial charge in [-0.2, -0.15) is 5.10 Å². The summed E-state index contributed by atoms with van der Waals surface area (Å²) in [7, 11) is 3.64. The average molecular weight is 405 g/mol. The normalized spacial score (nSPS) is 10.6. The Morgan fingerprint density at radius 1 is 1.07 bits per heavy atom. The second-order valence-corrected chi connectivity index (χ2v) is 6.51. The summed E-state index contributed by atoms with van der Waals surface area (Å²) in [6, 6.07) is 10.8. The number of urea groups is 1. The standard InChI is InChI=1S/C19H19N9O2/c1-28(2)19-27-26-17(30-19)13-3-5-14(6-4-13)22-18(29)21-11-15-23-16(25-24-15)12-7-9-20-10-8-12/h3-10H,11H2,1-2H3,(H2,21,22,29)(H,23,24,25). The van der Waals surface area contributed by atoms with E-state index < -0.39 is 0 Å². The maximum atomic E-state index is 12.2. The molecule has 3 N–H and O–H groups in total. The van der Waals surface area contributed by atoms with E-state index in [9.17, 15) is 4.79 Å². The number of carbonyl (C=O) groups is 1. The minimum Gasteiger partial charge on any atom is -0.403 e. The topological polar surface area (TPSA) is 138 Å². The molecular formula is C19H19N9O2. The molecule has 30 heavy (non-hydrogen) atoms. The summed E-state index contributed by atoms with van der Waals surface area (Å²) >= 11 is 0. The van der Waals surface area contributed by atoms with Gasteiger partial charge in [0.05, 0.1) is 6.54 Å². The zero-order chi connectivity index (χ0) is 20.9. The van der Waals surface area contributed by atoms with Crippen molar-refractivity contribution in [1.82, 2.24) is 35.7 Å². The van der Waals surface area contributed by atoms with Gasteiger partial charge in [-0.3, -0.25) is 10.1 Å². The van der Waals surface area contributed by atoms with Gasteiger partial charge in [-0.15, -0.1) is 5.10 Å². The van der Waals surface area contributed by atoms with Gasteiger partial charge in [0, 0.05) is 43.3 Å². The van der Waals surface area contributed by atoms with Gasteiger partial charge in [-0.05, 0) is 36.4 Å². The van der Waals surface area contributed by atoms with Crippen LogP contribution in [0.5, 0.6) is 0 Å². The number of hydrogen-bond acceptors (Lipinski definition) is 8. The maximum absolute atomic E-state index is 12.2. The molecule has 3 heterocycles. The molecule has 0 aliphatic carbocycles. The molecule has 4 rings (SSSR count). The Kier molecular flexibility index (Phi) is 5.33. The highest BCUT2D eigenvalue weighted by molar-refractivity contribution is 5.89. The van der Waals surface area contributed by atoms with Gasteiger partial charge in [0.1, 0.15) is 5.82 Å². The van der Waals surface area contributed by atoms with Crippen molar-refractivity contribution in [3.05, 3.63) is 54.6 Å². The first-order valence-electron chi connectivity index (χ1n) is 9.06. The molecule has 1 aromatic carbocycles. The van der Waals surface area contributed by atoms with Crippen molar-refractivity contribution in [3.8, 4) is 22.8 Å². The van der Waals surface area contributed by atoms with Crippen LogP contribution >= 0.6 is 0 Å². The molecule has 0 fully saturated rings. The van der Waals surface area contributed by atoms with E-state index in [-0.39, 0.29) is 12.6 Å². The number of anilines is 2. The van der Waals surface area contributed by atoms with Crippen molar-refractivity contribution in [2.75, 3.05) is 24.3 Å². The van der Waals surface area contributed by atoms with Crippen molar-refractivity contribution in [2.24, 2.45) is 0 Å². The monoisotopic (exact) mass is 405 g/mol. The second-order valence-electron chi connectivity index (χ2n) is 6.51. The Morgan fingerprint density at radius 2 is 1.83 bits per heavy atom. The number of nitrogens with one attached hydrogen (secondary N) is 3. The van der Waals surface area contributed by atoms with Crippen LogP contribution < -0.4 is 15.5 Å². The van der Waals surface area contributed by atoms with Gasteiger partial charge in [0.25, 0.3) is 0 Å². The van der Waals surface area contributed by atoms with Crippen LogP contribution in [0.4, 0.5) is 16.5 Å². The van der Waals surface area contributed by atoms with Crippen LogP contribution in [-0.4, -0.2) is 50.5 Å². The summed E-state index contributed by atoms with van der Waals surface area (Å²) in [4.78, 5) is 22.2. The molecule has 0 saturated heterocycles. The van der Waals surface area contributed by atoms with Crippen molar-refractivity contribution >= 4 is 17.7 Å². The summed E-state index contributed by atoms with van der Waals surface area (Å²) in [6.45, 7) is 0.206. The summed E-state index contributed by atoms with van der Waals surface area (Å²) in [5.41, 5.74) is 2.22. The van der Waals surface area contributed by atoms with Crippen LogP contribution in [0.15, 0.2) is 53.2 Å². The lowest BCUT2D eigenvalue weighted by molar-refractivity contribution is 0.251. The Balaban J connectivity index is 1.31. The van der Waals surface area contributed by atoms with Crippen molar-refractivity contribution in [2.45, 2.75) is 6.54 Å². The van der Waals surface area contributed by atoms with Gasteiger partial charge in [-0.25, -0.2) is 9.78 Å². The van der Waals surface area contributed by atoms with E-state index in [0.29, 0.717) is 29.2 Å². The van der Waals surface area contributed by atoms with Crippen molar-refractivity contribution in [3.63, 3.8) is 0 Å². The van der Waals surface area contributed by atoms with Gasteiger partial charge in [-0.1, -0.05) is 5.10 Å². The third-order valence-corrected chi connectivity index (χ3v) is 4.07. The first-order chi connectivity index (χ1) is 14.6. The SMILES string of the molecule is CN(C)c1nnc(-c2ccc(NC(=O)NCc3nc(-c4ccncc4)n[nH]3)cc2)o1. The van der Waals surface area contributed by atoms with Crippen LogP contribution in [0.1, 0.15) is 5.82 Å². The zero-order valence-electron chi connectivity index (χ0n) is 16.3. The highest BCUT2D eigenvalue weighted by Crippen LogP contribution is 2.22. The molecule has 2 amide bonds. The summed E-state index contributed by atoms with van der Waals surface area (Å²) in [5.74, 6) is 1.49. The number of benzene rings is 1. The number of rotatable bonds is 6. The van der Waals surface area contributed by atoms with E-state index in [4.69, 9.17) is 4.42 Å². The van der Waals surface area contributed by atoms with Crippen molar-refractivity contribution in [1.29, 1.82) is 0 Å². The molecule has 0 radical (unpaired) electrons. The molecule has 4 aromatic rings. The minimum absolute atomic E-state index is 0.206. The fraction of sp³-hybridized carbons (Fsp3) is 0.158. The molecule has 0 aliphatic rings. The maximum Gasteiger partial charge on any atom is 0.319 e.